The molecule has 19 heavy (non-hydrogen) atoms. The van der Waals surface area contributed by atoms with E-state index in [1.54, 1.807) is 42.5 Å². The predicted molar refractivity (Wildman–Crippen MR) is 80.2 cm³/mol. The minimum atomic E-state index is -0.614. The van der Waals surface area contributed by atoms with Crippen molar-refractivity contribution >= 4 is 45.1 Å². The third-order valence-corrected chi connectivity index (χ3v) is 3.88. The number of carbonyl (C=O) groups is 1. The van der Waals surface area contributed by atoms with E-state index in [-0.39, 0.29) is 0 Å². The van der Waals surface area contributed by atoms with Gasteiger partial charge in [-0.25, -0.2) is 0 Å². The highest BCUT2D eigenvalue weighted by molar-refractivity contribution is 9.09. The number of carbonyl (C=O) groups excluding carboxylic acids is 1. The molecule has 2 nitrogen and oxygen atoms in total. The number of hydrogen-bond donors (Lipinski definition) is 0. The maximum absolute atomic E-state index is 12.0. The third kappa shape index (κ3) is 3.72. The van der Waals surface area contributed by atoms with Crippen molar-refractivity contribution in [3.63, 3.8) is 0 Å². The number of halogens is 3. The van der Waals surface area contributed by atoms with E-state index in [0.717, 1.165) is 0 Å². The summed E-state index contributed by atoms with van der Waals surface area (Å²) in [6.07, 6.45) is 0. The van der Waals surface area contributed by atoms with Crippen LogP contribution in [0.5, 0.6) is 5.75 Å². The second-order valence-corrected chi connectivity index (χ2v) is 5.52. The highest BCUT2D eigenvalue weighted by Crippen LogP contribution is 2.30. The summed E-state index contributed by atoms with van der Waals surface area (Å²) in [5, 5.41) is 1.10. The van der Waals surface area contributed by atoms with Gasteiger partial charge in [-0.1, -0.05) is 57.3 Å². The standard InChI is InChI=1S/C14H9BrCl2O2/c15-13(11-3-1-2-4-12(11)17)14(18)19-10-7-5-9(16)6-8-10/h1-8,13H. The predicted octanol–water partition coefficient (Wildman–Crippen LogP) is 5.04. The summed E-state index contributed by atoms with van der Waals surface area (Å²) >= 11 is 15.1. The van der Waals surface area contributed by atoms with Gasteiger partial charge in [-0.05, 0) is 35.9 Å². The van der Waals surface area contributed by atoms with Crippen LogP contribution < -0.4 is 4.74 Å². The van der Waals surface area contributed by atoms with Crippen molar-refractivity contribution in [3.8, 4) is 5.75 Å². The average Bonchev–Trinajstić information content (AvgIpc) is 2.41. The summed E-state index contributed by atoms with van der Waals surface area (Å²) in [7, 11) is 0. The summed E-state index contributed by atoms with van der Waals surface area (Å²) in [5.41, 5.74) is 0.670. The van der Waals surface area contributed by atoms with Gasteiger partial charge in [-0.2, -0.15) is 0 Å². The fraction of sp³-hybridized carbons (Fsp3) is 0.0714. The number of ether oxygens (including phenoxy) is 1. The maximum atomic E-state index is 12.0. The Hall–Kier alpha value is -1.03. The van der Waals surface area contributed by atoms with Crippen LogP contribution in [0.2, 0.25) is 10.0 Å². The first-order valence-corrected chi connectivity index (χ1v) is 7.11. The molecule has 0 aliphatic carbocycles. The lowest BCUT2D eigenvalue weighted by atomic mass is 10.1. The quantitative estimate of drug-likeness (QED) is 0.436. The minimum absolute atomic E-state index is 0.435. The molecule has 2 aromatic carbocycles. The number of esters is 1. The number of hydrogen-bond acceptors (Lipinski definition) is 2. The summed E-state index contributed by atoms with van der Waals surface area (Å²) in [4.78, 5) is 11.4. The van der Waals surface area contributed by atoms with E-state index in [1.807, 2.05) is 6.07 Å². The molecule has 0 aliphatic heterocycles. The van der Waals surface area contributed by atoms with Crippen LogP contribution in [0.1, 0.15) is 10.4 Å². The monoisotopic (exact) mass is 358 g/mol. The van der Waals surface area contributed by atoms with Crippen molar-refractivity contribution in [2.24, 2.45) is 0 Å². The van der Waals surface area contributed by atoms with E-state index in [1.165, 1.54) is 0 Å². The zero-order chi connectivity index (χ0) is 13.8. The molecule has 2 rings (SSSR count). The summed E-state index contributed by atoms with van der Waals surface area (Å²) in [5.74, 6) is 0.00123. The van der Waals surface area contributed by atoms with Crippen molar-refractivity contribution in [1.29, 1.82) is 0 Å². The van der Waals surface area contributed by atoms with Gasteiger partial charge in [0.05, 0.1) is 0 Å². The summed E-state index contributed by atoms with van der Waals surface area (Å²) in [6.45, 7) is 0. The van der Waals surface area contributed by atoms with Crippen molar-refractivity contribution < 1.29 is 9.53 Å². The highest BCUT2D eigenvalue weighted by atomic mass is 79.9. The minimum Gasteiger partial charge on any atom is -0.425 e. The van der Waals surface area contributed by atoms with E-state index < -0.39 is 10.8 Å². The van der Waals surface area contributed by atoms with Gasteiger partial charge in [0, 0.05) is 10.0 Å². The van der Waals surface area contributed by atoms with Gasteiger partial charge >= 0.3 is 5.97 Å². The van der Waals surface area contributed by atoms with Crippen molar-refractivity contribution in [2.75, 3.05) is 0 Å². The third-order valence-electron chi connectivity index (χ3n) is 2.42. The summed E-state index contributed by atoms with van der Waals surface area (Å²) in [6, 6.07) is 13.7. The lowest BCUT2D eigenvalue weighted by Gasteiger charge is -2.11. The maximum Gasteiger partial charge on any atom is 0.329 e. The smallest absolute Gasteiger partial charge is 0.329 e. The Morgan fingerprint density at radius 2 is 1.68 bits per heavy atom. The van der Waals surface area contributed by atoms with E-state index in [2.05, 4.69) is 15.9 Å². The average molecular weight is 360 g/mol. The zero-order valence-electron chi connectivity index (χ0n) is 9.65. The molecule has 1 unspecified atom stereocenters. The lowest BCUT2D eigenvalue weighted by Crippen LogP contribution is -2.14. The first-order valence-electron chi connectivity index (χ1n) is 5.43. The molecule has 0 spiro atoms. The largest absolute Gasteiger partial charge is 0.425 e. The van der Waals surface area contributed by atoms with Crippen LogP contribution in [0, 0.1) is 0 Å². The molecule has 0 bridgehead atoms. The highest BCUT2D eigenvalue weighted by Gasteiger charge is 2.21. The Bertz CT molecular complexity index is 584. The van der Waals surface area contributed by atoms with Gasteiger partial charge < -0.3 is 4.74 Å². The van der Waals surface area contributed by atoms with Crippen LogP contribution in [0.3, 0.4) is 0 Å². The normalized spacial score (nSPS) is 11.9. The van der Waals surface area contributed by atoms with Gasteiger partial charge in [0.25, 0.3) is 0 Å². The Morgan fingerprint density at radius 3 is 2.32 bits per heavy atom. The molecule has 0 radical (unpaired) electrons. The molecule has 2 aromatic rings. The molecule has 0 fully saturated rings. The first-order chi connectivity index (χ1) is 9.08. The SMILES string of the molecule is O=C(Oc1ccc(Cl)cc1)C(Br)c1ccccc1Cl. The molecular formula is C14H9BrCl2O2. The fourth-order valence-corrected chi connectivity index (χ4v) is 2.47. The van der Waals surface area contributed by atoms with Gasteiger partial charge in [0.2, 0.25) is 0 Å². The van der Waals surface area contributed by atoms with Crippen LogP contribution in [0.25, 0.3) is 0 Å². The van der Waals surface area contributed by atoms with Crippen LogP contribution >= 0.6 is 39.1 Å². The Morgan fingerprint density at radius 1 is 1.05 bits per heavy atom. The van der Waals surface area contributed by atoms with Gasteiger partial charge in [-0.15, -0.1) is 0 Å². The molecule has 1 atom stereocenters. The molecule has 0 aliphatic rings. The van der Waals surface area contributed by atoms with Crippen LogP contribution in [0.4, 0.5) is 0 Å². The molecule has 0 heterocycles. The van der Waals surface area contributed by atoms with E-state index in [4.69, 9.17) is 27.9 Å². The Kier molecular flexibility index (Phi) is 4.86. The molecule has 98 valence electrons. The molecule has 0 amide bonds. The lowest BCUT2D eigenvalue weighted by molar-refractivity contribution is -0.133. The number of rotatable bonds is 3. The van der Waals surface area contributed by atoms with Crippen molar-refractivity contribution in [3.05, 3.63) is 64.1 Å². The van der Waals surface area contributed by atoms with Crippen LogP contribution in [0.15, 0.2) is 48.5 Å². The molecule has 0 saturated carbocycles. The van der Waals surface area contributed by atoms with Gasteiger partial charge in [0.15, 0.2) is 0 Å². The van der Waals surface area contributed by atoms with Crippen LogP contribution in [-0.2, 0) is 4.79 Å². The van der Waals surface area contributed by atoms with E-state index in [0.29, 0.717) is 21.4 Å². The molecular weight excluding hydrogens is 351 g/mol. The molecule has 5 heteroatoms. The Labute approximate surface area is 129 Å². The van der Waals surface area contributed by atoms with Gasteiger partial charge in [0.1, 0.15) is 10.6 Å². The van der Waals surface area contributed by atoms with Crippen molar-refractivity contribution in [2.45, 2.75) is 4.83 Å². The number of alkyl halides is 1. The number of benzene rings is 2. The second-order valence-electron chi connectivity index (χ2n) is 3.76. The van der Waals surface area contributed by atoms with E-state index in [9.17, 15) is 4.79 Å². The van der Waals surface area contributed by atoms with Crippen LogP contribution in [-0.4, -0.2) is 5.97 Å². The second kappa shape index (κ2) is 6.42. The topological polar surface area (TPSA) is 26.3 Å². The van der Waals surface area contributed by atoms with E-state index >= 15 is 0 Å². The first kappa shape index (κ1) is 14.4. The van der Waals surface area contributed by atoms with Gasteiger partial charge in [-0.3, -0.25) is 4.79 Å². The summed E-state index contributed by atoms with van der Waals surface area (Å²) < 4.78 is 5.24. The fourth-order valence-electron chi connectivity index (χ4n) is 1.48. The zero-order valence-corrected chi connectivity index (χ0v) is 12.7. The Balaban J connectivity index is 2.12. The molecule has 0 N–H and O–H groups in total. The van der Waals surface area contributed by atoms with Crippen molar-refractivity contribution in [1.82, 2.24) is 0 Å². The molecule has 0 saturated heterocycles. The molecule has 0 aromatic heterocycles.